The Morgan fingerprint density at radius 3 is 2.04 bits per heavy atom. The fourth-order valence-electron chi connectivity index (χ4n) is 6.20. The van der Waals surface area contributed by atoms with E-state index in [4.69, 9.17) is 0 Å². The molecule has 0 bridgehead atoms. The average Bonchev–Trinajstić information content (AvgIpc) is 3.77. The van der Waals surface area contributed by atoms with Crippen molar-refractivity contribution in [3.05, 3.63) is 150 Å². The number of hydrogen-bond donors (Lipinski definition) is 6. The quantitative estimate of drug-likeness (QED) is 0.0733. The molecule has 11 heteroatoms. The minimum absolute atomic E-state index is 0.124. The lowest BCUT2D eigenvalue weighted by Gasteiger charge is -2.25. The predicted octanol–water partition coefficient (Wildman–Crippen LogP) is 4.59. The van der Waals surface area contributed by atoms with Gasteiger partial charge in [0, 0.05) is 72.8 Å². The summed E-state index contributed by atoms with van der Waals surface area (Å²) < 4.78 is 0. The van der Waals surface area contributed by atoms with E-state index in [1.165, 1.54) is 0 Å². The van der Waals surface area contributed by atoms with E-state index in [2.05, 4.69) is 49.4 Å². The second-order valence-electron chi connectivity index (χ2n) is 12.6. The average molecular weight is 712 g/mol. The van der Waals surface area contributed by atoms with Gasteiger partial charge in [-0.3, -0.25) is 24.2 Å². The SMILES string of the molecule is C=CC(=O)N[C@@H](Cc1c[nH]c(C=C)c1/C=C\C)C(=O)N[C@@H](Cc1ccccc1)C(=O)N[C@@H](Cc1ccncc1)C(=O)NCCc1c[nH]c2ccccc12. The lowest BCUT2D eigenvalue weighted by atomic mass is 10.00. The molecule has 0 aliphatic carbocycles. The Kier molecular flexibility index (Phi) is 13.3. The number of hydrogen-bond acceptors (Lipinski definition) is 5. The fraction of sp³-hybridized carbons (Fsp3) is 0.214. The van der Waals surface area contributed by atoms with Gasteiger partial charge in [0.2, 0.25) is 23.6 Å². The maximum absolute atomic E-state index is 14.2. The highest BCUT2D eigenvalue weighted by molar-refractivity contribution is 5.96. The molecule has 0 fully saturated rings. The van der Waals surface area contributed by atoms with E-state index >= 15 is 0 Å². The topological polar surface area (TPSA) is 161 Å². The highest BCUT2D eigenvalue weighted by Gasteiger charge is 2.30. The van der Waals surface area contributed by atoms with Crippen LogP contribution in [0.3, 0.4) is 0 Å². The molecule has 3 aromatic heterocycles. The summed E-state index contributed by atoms with van der Waals surface area (Å²) in [4.78, 5) is 65.0. The van der Waals surface area contributed by atoms with E-state index in [-0.39, 0.29) is 25.2 Å². The van der Waals surface area contributed by atoms with Crippen LogP contribution in [0.15, 0.2) is 117 Å². The summed E-state index contributed by atoms with van der Waals surface area (Å²) in [5, 5.41) is 12.6. The molecule has 53 heavy (non-hydrogen) atoms. The number of allylic oxidation sites excluding steroid dienone is 1. The van der Waals surface area contributed by atoms with Crippen LogP contribution in [0.5, 0.6) is 0 Å². The van der Waals surface area contributed by atoms with Gasteiger partial charge in [-0.1, -0.05) is 73.8 Å². The Labute approximate surface area is 309 Å². The zero-order valence-corrected chi connectivity index (χ0v) is 29.7. The van der Waals surface area contributed by atoms with Crippen molar-refractivity contribution in [2.45, 2.75) is 50.7 Å². The first kappa shape index (κ1) is 37.8. The van der Waals surface area contributed by atoms with Gasteiger partial charge in [0.15, 0.2) is 0 Å². The van der Waals surface area contributed by atoms with E-state index in [1.807, 2.05) is 79.9 Å². The lowest BCUT2D eigenvalue weighted by molar-refractivity contribution is -0.133. The molecule has 3 atom stereocenters. The van der Waals surface area contributed by atoms with Crippen LogP contribution in [-0.4, -0.2) is 63.3 Å². The summed E-state index contributed by atoms with van der Waals surface area (Å²) in [6.07, 6.45) is 14.5. The maximum atomic E-state index is 14.2. The molecular weight excluding hydrogens is 667 g/mol. The number of pyridine rings is 1. The third-order valence-corrected chi connectivity index (χ3v) is 8.92. The normalized spacial score (nSPS) is 12.8. The number of nitrogens with one attached hydrogen (secondary N) is 6. The van der Waals surface area contributed by atoms with Gasteiger partial charge in [0.1, 0.15) is 18.1 Å². The number of benzene rings is 2. The van der Waals surface area contributed by atoms with Gasteiger partial charge in [0.05, 0.1) is 0 Å². The number of nitrogens with zero attached hydrogens (tertiary/aromatic N) is 1. The number of amides is 4. The summed E-state index contributed by atoms with van der Waals surface area (Å²) in [5.41, 5.74) is 6.06. The Morgan fingerprint density at radius 2 is 1.36 bits per heavy atom. The van der Waals surface area contributed by atoms with E-state index in [0.29, 0.717) is 13.0 Å². The fourth-order valence-corrected chi connectivity index (χ4v) is 6.20. The van der Waals surface area contributed by atoms with Crippen LogP contribution < -0.4 is 21.3 Å². The number of para-hydroxylation sites is 1. The van der Waals surface area contributed by atoms with Gasteiger partial charge in [-0.05, 0) is 65.9 Å². The van der Waals surface area contributed by atoms with Gasteiger partial charge in [0.25, 0.3) is 0 Å². The molecule has 4 amide bonds. The van der Waals surface area contributed by atoms with Crippen LogP contribution >= 0.6 is 0 Å². The van der Waals surface area contributed by atoms with Crippen LogP contribution in [0.4, 0.5) is 0 Å². The standard InChI is InChI=1S/C42H45N7O4/c1-4-12-32-31(27-45-34(32)5-2)25-38(47-39(50)6-3)42(53)49-37(23-28-13-8-7-9-14-28)41(52)48-36(24-29-17-20-43-21-18-29)40(51)44-22-19-30-26-46-35-16-11-10-15-33(30)35/h4-18,20-21,26-27,36-38,45-46H,2-3,19,22-25H2,1H3,(H,44,51)(H,47,50)(H,48,52)(H,49,53)/b12-4-/t36-,37-,38-/m0/s1. The molecule has 0 saturated carbocycles. The Balaban J connectivity index is 1.36. The predicted molar refractivity (Wildman–Crippen MR) is 208 cm³/mol. The molecule has 3 heterocycles. The highest BCUT2D eigenvalue weighted by atomic mass is 16.2. The molecule has 6 N–H and O–H groups in total. The van der Waals surface area contributed by atoms with Crippen molar-refractivity contribution >= 4 is 46.7 Å². The Morgan fingerprint density at radius 1 is 0.736 bits per heavy atom. The molecule has 0 unspecified atom stereocenters. The van der Waals surface area contributed by atoms with Gasteiger partial charge in [-0.2, -0.15) is 0 Å². The van der Waals surface area contributed by atoms with E-state index < -0.39 is 35.8 Å². The zero-order chi connectivity index (χ0) is 37.6. The number of aromatic nitrogens is 3. The van der Waals surface area contributed by atoms with Crippen molar-refractivity contribution in [2.75, 3.05) is 6.54 Å². The summed E-state index contributed by atoms with van der Waals surface area (Å²) in [5.74, 6) is -2.02. The van der Waals surface area contributed by atoms with E-state index in [0.717, 1.165) is 50.5 Å². The number of H-pyrrole nitrogens is 2. The van der Waals surface area contributed by atoms with E-state index in [1.54, 1.807) is 36.8 Å². The third-order valence-electron chi connectivity index (χ3n) is 8.92. The molecule has 0 saturated heterocycles. The van der Waals surface area contributed by atoms with Crippen LogP contribution in [0, 0.1) is 0 Å². The number of fused-ring (bicyclic) bond motifs is 1. The second kappa shape index (κ2) is 18.7. The largest absolute Gasteiger partial charge is 0.361 e. The molecule has 0 spiro atoms. The number of carbonyl (C=O) groups excluding carboxylic acids is 4. The van der Waals surface area contributed by atoms with Crippen molar-refractivity contribution in [3.8, 4) is 0 Å². The van der Waals surface area contributed by atoms with Crippen molar-refractivity contribution in [3.63, 3.8) is 0 Å². The molecule has 2 aromatic carbocycles. The Bertz CT molecular complexity index is 2070. The Hall–Kier alpha value is -6.49. The van der Waals surface area contributed by atoms with Crippen molar-refractivity contribution < 1.29 is 19.2 Å². The van der Waals surface area contributed by atoms with Gasteiger partial charge in [-0.15, -0.1) is 0 Å². The summed E-state index contributed by atoms with van der Waals surface area (Å²) in [7, 11) is 0. The molecule has 0 aliphatic heterocycles. The van der Waals surface area contributed by atoms with Crippen LogP contribution in [0.1, 0.15) is 40.4 Å². The van der Waals surface area contributed by atoms with Crippen molar-refractivity contribution in [1.82, 2.24) is 36.2 Å². The molecule has 272 valence electrons. The molecule has 5 aromatic rings. The lowest BCUT2D eigenvalue weighted by Crippen LogP contribution is -2.58. The third kappa shape index (κ3) is 10.3. The molecule has 0 radical (unpaired) electrons. The monoisotopic (exact) mass is 711 g/mol. The minimum Gasteiger partial charge on any atom is -0.361 e. The smallest absolute Gasteiger partial charge is 0.244 e. The first-order chi connectivity index (χ1) is 25.8. The molecule has 5 rings (SSSR count). The number of carbonyl (C=O) groups is 4. The van der Waals surface area contributed by atoms with Gasteiger partial charge in [-0.25, -0.2) is 0 Å². The van der Waals surface area contributed by atoms with Crippen molar-refractivity contribution in [1.29, 1.82) is 0 Å². The molecule has 11 nitrogen and oxygen atoms in total. The van der Waals surface area contributed by atoms with Crippen LogP contribution in [-0.2, 0) is 44.9 Å². The van der Waals surface area contributed by atoms with Crippen LogP contribution in [0.25, 0.3) is 23.1 Å². The minimum atomic E-state index is -1.09. The van der Waals surface area contributed by atoms with E-state index in [9.17, 15) is 19.2 Å². The number of aromatic amines is 2. The summed E-state index contributed by atoms with van der Waals surface area (Å²) in [6.45, 7) is 9.63. The summed E-state index contributed by atoms with van der Waals surface area (Å²) in [6, 6.07) is 17.7. The van der Waals surface area contributed by atoms with Gasteiger partial charge >= 0.3 is 0 Å². The van der Waals surface area contributed by atoms with Crippen molar-refractivity contribution in [2.24, 2.45) is 0 Å². The number of rotatable bonds is 18. The zero-order valence-electron chi connectivity index (χ0n) is 29.7. The first-order valence-electron chi connectivity index (χ1n) is 17.5. The summed E-state index contributed by atoms with van der Waals surface area (Å²) >= 11 is 0. The van der Waals surface area contributed by atoms with Gasteiger partial charge < -0.3 is 31.2 Å². The molecule has 0 aliphatic rings. The second-order valence-corrected chi connectivity index (χ2v) is 12.6. The van der Waals surface area contributed by atoms with Crippen LogP contribution in [0.2, 0.25) is 0 Å². The first-order valence-corrected chi connectivity index (χ1v) is 17.5. The molecular formula is C42H45N7O4. The highest BCUT2D eigenvalue weighted by Crippen LogP contribution is 2.20. The maximum Gasteiger partial charge on any atom is 0.244 e.